The fourth-order valence-corrected chi connectivity index (χ4v) is 4.46. The van der Waals surface area contributed by atoms with Crippen molar-refractivity contribution in [1.82, 2.24) is 24.7 Å². The van der Waals surface area contributed by atoms with Crippen molar-refractivity contribution >= 4 is 34.0 Å². The van der Waals surface area contributed by atoms with Crippen LogP contribution in [-0.4, -0.2) is 55.5 Å². The Balaban J connectivity index is 1.49. The summed E-state index contributed by atoms with van der Waals surface area (Å²) in [5, 5.41) is 15.5. The highest BCUT2D eigenvalue weighted by Gasteiger charge is 2.24. The fourth-order valence-electron chi connectivity index (χ4n) is 4.46. The molecule has 0 bridgehead atoms. The Labute approximate surface area is 189 Å². The predicted octanol–water partition coefficient (Wildman–Crippen LogP) is 2.35. The number of benzene rings is 1. The number of fused-ring (bicyclic) bond motifs is 2. The molecule has 9 nitrogen and oxygen atoms in total. The van der Waals surface area contributed by atoms with Crippen LogP contribution in [0.5, 0.6) is 0 Å². The summed E-state index contributed by atoms with van der Waals surface area (Å²) < 4.78 is 15.9. The van der Waals surface area contributed by atoms with E-state index in [0.29, 0.717) is 34.4 Å². The maximum Gasteiger partial charge on any atom is 0.257 e. The molecule has 1 aliphatic heterocycles. The number of hydrogen-bond acceptors (Lipinski definition) is 7. The van der Waals surface area contributed by atoms with Crippen LogP contribution < -0.4 is 15.5 Å². The summed E-state index contributed by atoms with van der Waals surface area (Å²) >= 11 is 0. The number of halogens is 1. The van der Waals surface area contributed by atoms with Crippen molar-refractivity contribution in [3.8, 4) is 0 Å². The van der Waals surface area contributed by atoms with Gasteiger partial charge in [-0.25, -0.2) is 9.37 Å². The minimum Gasteiger partial charge on any atom is -0.390 e. The van der Waals surface area contributed by atoms with Gasteiger partial charge in [-0.3, -0.25) is 14.8 Å². The Morgan fingerprint density at radius 2 is 1.91 bits per heavy atom. The second-order valence-electron chi connectivity index (χ2n) is 8.41. The first-order chi connectivity index (χ1) is 15.9. The average molecular weight is 449 g/mol. The summed E-state index contributed by atoms with van der Waals surface area (Å²) in [6, 6.07) is 5.47. The smallest absolute Gasteiger partial charge is 0.257 e. The zero-order valence-corrected chi connectivity index (χ0v) is 18.3. The van der Waals surface area contributed by atoms with Gasteiger partial charge in [-0.2, -0.15) is 0 Å². The first kappa shape index (κ1) is 21.2. The van der Waals surface area contributed by atoms with Crippen LogP contribution in [0.25, 0.3) is 16.7 Å². The fraction of sp³-hybridized carbons (Fsp3) is 0.304. The number of amides is 1. The Hall–Kier alpha value is -3.63. The Bertz CT molecular complexity index is 1350. The lowest BCUT2D eigenvalue weighted by Crippen LogP contribution is -2.54. The molecule has 1 fully saturated rings. The van der Waals surface area contributed by atoms with Crippen molar-refractivity contribution in [3.05, 3.63) is 60.1 Å². The van der Waals surface area contributed by atoms with Gasteiger partial charge in [0.05, 0.1) is 29.2 Å². The lowest BCUT2D eigenvalue weighted by molar-refractivity contribution is 0.102. The van der Waals surface area contributed by atoms with Crippen LogP contribution in [-0.2, 0) is 6.61 Å². The zero-order valence-electron chi connectivity index (χ0n) is 18.3. The number of aliphatic hydroxyl groups excluding tert-OH is 1. The molecule has 170 valence electrons. The number of carbonyl (C=O) groups is 1. The summed E-state index contributed by atoms with van der Waals surface area (Å²) in [7, 11) is 0. The molecule has 0 radical (unpaired) electrons. The van der Waals surface area contributed by atoms with Crippen molar-refractivity contribution in [1.29, 1.82) is 0 Å². The molecule has 1 saturated heterocycles. The molecule has 1 amide bonds. The summed E-state index contributed by atoms with van der Waals surface area (Å²) in [6.45, 7) is 5.61. The summed E-state index contributed by atoms with van der Waals surface area (Å²) in [5.41, 5.74) is 3.09. The highest BCUT2D eigenvalue weighted by atomic mass is 19.1. The number of imidazole rings is 1. The van der Waals surface area contributed by atoms with Gasteiger partial charge in [0.15, 0.2) is 11.5 Å². The van der Waals surface area contributed by atoms with E-state index in [-0.39, 0.29) is 17.9 Å². The topological polar surface area (TPSA) is 108 Å². The largest absolute Gasteiger partial charge is 0.390 e. The molecule has 4 heterocycles. The number of nitrogens with one attached hydrogen (secondary N) is 2. The zero-order chi connectivity index (χ0) is 23.1. The van der Waals surface area contributed by atoms with Gasteiger partial charge in [-0.1, -0.05) is 0 Å². The van der Waals surface area contributed by atoms with Crippen LogP contribution in [0.15, 0.2) is 43.0 Å². The molecule has 33 heavy (non-hydrogen) atoms. The van der Waals surface area contributed by atoms with Gasteiger partial charge in [-0.15, -0.1) is 0 Å². The van der Waals surface area contributed by atoms with Gasteiger partial charge in [0.25, 0.3) is 5.91 Å². The summed E-state index contributed by atoms with van der Waals surface area (Å²) in [6.07, 6.45) is 6.23. The molecule has 5 rings (SSSR count). The molecule has 10 heteroatoms. The third kappa shape index (κ3) is 3.98. The molecular formula is C23H24FN7O2. The van der Waals surface area contributed by atoms with Crippen LogP contribution in [0.2, 0.25) is 0 Å². The number of carbonyl (C=O) groups excluding carboxylic acids is 1. The van der Waals surface area contributed by atoms with Crippen molar-refractivity contribution in [2.24, 2.45) is 0 Å². The van der Waals surface area contributed by atoms with Crippen molar-refractivity contribution < 1.29 is 14.3 Å². The second kappa shape index (κ2) is 8.38. The molecule has 3 aromatic heterocycles. The Kier molecular flexibility index (Phi) is 5.39. The highest BCUT2D eigenvalue weighted by molar-refractivity contribution is 6.13. The number of hydrogen-bond donors (Lipinski definition) is 3. The first-order valence-electron chi connectivity index (χ1n) is 10.8. The average Bonchev–Trinajstić information content (AvgIpc) is 3.21. The Morgan fingerprint density at radius 3 is 2.64 bits per heavy atom. The maximum atomic E-state index is 14.5. The molecule has 1 aliphatic rings. The van der Waals surface area contributed by atoms with Crippen molar-refractivity contribution in [2.45, 2.75) is 32.5 Å². The molecule has 4 aromatic rings. The van der Waals surface area contributed by atoms with E-state index in [9.17, 15) is 14.3 Å². The molecule has 3 N–H and O–H groups in total. The summed E-state index contributed by atoms with van der Waals surface area (Å²) in [5.74, 6) is -1.02. The van der Waals surface area contributed by atoms with Crippen LogP contribution in [0.4, 0.5) is 15.8 Å². The van der Waals surface area contributed by atoms with E-state index in [4.69, 9.17) is 0 Å². The number of nitrogens with zero attached hydrogens (tertiary/aromatic N) is 5. The van der Waals surface area contributed by atoms with E-state index in [1.807, 2.05) is 6.07 Å². The normalized spacial score (nSPS) is 18.7. The molecule has 1 aromatic carbocycles. The molecule has 0 unspecified atom stereocenters. The standard InChI is InChI=1S/C23H24FN7O2/c1-13-8-30(9-14(2)27-13)19-4-3-17(20-21(19)26-6-5-25-20)23(33)29-15-7-18(24)22-28-16(12-32)11-31(22)10-15/h3-7,10-11,13-14,27,32H,8-9,12H2,1-2H3,(H,29,33)/t13-,14-/m0/s1. The van der Waals surface area contributed by atoms with E-state index in [2.05, 4.69) is 44.3 Å². The third-order valence-corrected chi connectivity index (χ3v) is 5.72. The monoisotopic (exact) mass is 449 g/mol. The van der Waals surface area contributed by atoms with Gasteiger partial charge < -0.3 is 25.0 Å². The third-order valence-electron chi connectivity index (χ3n) is 5.72. The number of aromatic nitrogens is 4. The number of rotatable bonds is 4. The number of piperazine rings is 1. The van der Waals surface area contributed by atoms with Crippen LogP contribution >= 0.6 is 0 Å². The van der Waals surface area contributed by atoms with Crippen molar-refractivity contribution in [3.63, 3.8) is 0 Å². The van der Waals surface area contributed by atoms with Crippen molar-refractivity contribution in [2.75, 3.05) is 23.3 Å². The molecule has 0 saturated carbocycles. The van der Waals surface area contributed by atoms with Gasteiger partial charge in [-0.05, 0) is 26.0 Å². The van der Waals surface area contributed by atoms with E-state index in [1.165, 1.54) is 16.7 Å². The van der Waals surface area contributed by atoms with Gasteiger partial charge in [0.2, 0.25) is 0 Å². The molecular weight excluding hydrogens is 425 g/mol. The summed E-state index contributed by atoms with van der Waals surface area (Å²) in [4.78, 5) is 28.4. The second-order valence-corrected chi connectivity index (χ2v) is 8.41. The number of pyridine rings is 1. The minimum absolute atomic E-state index is 0.0807. The van der Waals surface area contributed by atoms with Gasteiger partial charge in [0, 0.05) is 56.0 Å². The van der Waals surface area contributed by atoms with Gasteiger partial charge >= 0.3 is 0 Å². The SMILES string of the molecule is C[C@H]1CN(c2ccc(C(=O)Nc3cc(F)c4nc(CO)cn4c3)c3nccnc23)C[C@H](C)N1. The van der Waals surface area contributed by atoms with E-state index < -0.39 is 11.7 Å². The van der Waals surface area contributed by atoms with E-state index in [0.717, 1.165) is 18.8 Å². The molecule has 2 atom stereocenters. The predicted molar refractivity (Wildman–Crippen MR) is 123 cm³/mol. The van der Waals surface area contributed by atoms with Crippen LogP contribution in [0, 0.1) is 5.82 Å². The quantitative estimate of drug-likeness (QED) is 0.439. The van der Waals surface area contributed by atoms with Crippen LogP contribution in [0.3, 0.4) is 0 Å². The maximum absolute atomic E-state index is 14.5. The van der Waals surface area contributed by atoms with E-state index >= 15 is 0 Å². The van der Waals surface area contributed by atoms with Gasteiger partial charge in [0.1, 0.15) is 11.0 Å². The minimum atomic E-state index is -0.602. The van der Waals surface area contributed by atoms with E-state index in [1.54, 1.807) is 24.7 Å². The highest BCUT2D eigenvalue weighted by Crippen LogP contribution is 2.29. The molecule has 0 spiro atoms. The number of aliphatic hydroxyl groups is 1. The lowest BCUT2D eigenvalue weighted by Gasteiger charge is -2.38. The first-order valence-corrected chi connectivity index (χ1v) is 10.8. The Morgan fingerprint density at radius 1 is 1.18 bits per heavy atom. The van der Waals surface area contributed by atoms with Crippen LogP contribution in [0.1, 0.15) is 29.9 Å². The molecule has 0 aliphatic carbocycles. The number of anilines is 2. The lowest BCUT2D eigenvalue weighted by atomic mass is 10.1.